The van der Waals surface area contributed by atoms with Crippen molar-refractivity contribution in [1.82, 2.24) is 25.5 Å². The van der Waals surface area contributed by atoms with Crippen molar-refractivity contribution in [1.29, 1.82) is 0 Å². The van der Waals surface area contributed by atoms with Crippen molar-refractivity contribution in [2.24, 2.45) is 10.5 Å². The third kappa shape index (κ3) is 9.34. The highest BCUT2D eigenvalue weighted by Gasteiger charge is 2.56. The van der Waals surface area contributed by atoms with E-state index in [4.69, 9.17) is 4.74 Å². The minimum absolute atomic E-state index is 0.0242. The van der Waals surface area contributed by atoms with E-state index in [0.29, 0.717) is 21.8 Å². The Kier molecular flexibility index (Phi) is 11.2. The van der Waals surface area contributed by atoms with Crippen LogP contribution in [0, 0.1) is 11.2 Å². The molecule has 4 amide bonds. The summed E-state index contributed by atoms with van der Waals surface area (Å²) in [7, 11) is 0. The van der Waals surface area contributed by atoms with Crippen LogP contribution in [0.15, 0.2) is 47.7 Å². The number of carbonyl (C=O) groups is 4. The summed E-state index contributed by atoms with van der Waals surface area (Å²) in [5.74, 6) is -2.92. The number of nitrogens with one attached hydrogen (secondary N) is 2. The van der Waals surface area contributed by atoms with E-state index in [2.05, 4.69) is 20.7 Å². The molecular weight excluding hydrogens is 664 g/mol. The lowest BCUT2D eigenvalue weighted by molar-refractivity contribution is -0.164. The highest BCUT2D eigenvalue weighted by molar-refractivity contribution is 6.14. The number of likely N-dealkylation sites (tertiary alicyclic amines) is 1. The molecular formula is C34H42F4N6O6. The number of aliphatic hydroxyl groups is 1. The smallest absolute Gasteiger partial charge is 0.408 e. The number of aliphatic hydroxyl groups excluding tert-OH is 1. The second kappa shape index (κ2) is 14.7. The van der Waals surface area contributed by atoms with Crippen molar-refractivity contribution in [3.63, 3.8) is 0 Å². The number of piperidine rings is 1. The van der Waals surface area contributed by atoms with Crippen molar-refractivity contribution in [3.05, 3.63) is 65.2 Å². The van der Waals surface area contributed by atoms with Gasteiger partial charge in [-0.1, -0.05) is 12.1 Å². The highest BCUT2D eigenvalue weighted by atomic mass is 19.4. The molecule has 2 aliphatic heterocycles. The van der Waals surface area contributed by atoms with Gasteiger partial charge in [0.05, 0.1) is 12.3 Å². The van der Waals surface area contributed by atoms with Crippen molar-refractivity contribution in [2.75, 3.05) is 19.6 Å². The number of aromatic nitrogens is 1. The zero-order valence-corrected chi connectivity index (χ0v) is 28.6. The Balaban J connectivity index is 1.65. The number of aryl methyl sites for hydroxylation is 1. The maximum Gasteiger partial charge on any atom is 0.408 e. The molecule has 1 unspecified atom stereocenters. The molecule has 0 radical (unpaired) electrons. The minimum atomic E-state index is -4.73. The number of hydrazone groups is 1. The van der Waals surface area contributed by atoms with E-state index in [1.807, 2.05) is 0 Å². The van der Waals surface area contributed by atoms with Gasteiger partial charge in [0.1, 0.15) is 35.0 Å². The number of benzene rings is 1. The number of nitrogens with zero attached hydrogens (tertiary/aromatic N) is 4. The summed E-state index contributed by atoms with van der Waals surface area (Å²) in [6.45, 7) is 5.37. The lowest BCUT2D eigenvalue weighted by Crippen LogP contribution is -2.62. The molecule has 1 aromatic heterocycles. The molecule has 2 atom stereocenters. The number of halogens is 4. The number of ether oxygens (including phenoxy) is 1. The summed E-state index contributed by atoms with van der Waals surface area (Å²) in [4.78, 5) is 59.8. The van der Waals surface area contributed by atoms with Crippen molar-refractivity contribution >= 4 is 29.5 Å². The van der Waals surface area contributed by atoms with E-state index in [0.717, 1.165) is 0 Å². The average Bonchev–Trinajstić information content (AvgIpc) is 3.26. The lowest BCUT2D eigenvalue weighted by Gasteiger charge is -2.41. The van der Waals surface area contributed by atoms with Crippen molar-refractivity contribution in [3.8, 4) is 0 Å². The van der Waals surface area contributed by atoms with Crippen molar-refractivity contribution < 1.29 is 46.6 Å². The quantitative estimate of drug-likeness (QED) is 0.302. The van der Waals surface area contributed by atoms with Gasteiger partial charge in [-0.15, -0.1) is 0 Å². The predicted molar refractivity (Wildman–Crippen MR) is 173 cm³/mol. The third-order valence-electron chi connectivity index (χ3n) is 8.39. The summed E-state index contributed by atoms with van der Waals surface area (Å²) in [5.41, 5.74) is -2.70. The number of pyridine rings is 1. The number of carbonyl (C=O) groups excluding carboxylic acids is 4. The van der Waals surface area contributed by atoms with Gasteiger partial charge in [0.25, 0.3) is 5.91 Å². The van der Waals surface area contributed by atoms with E-state index >= 15 is 0 Å². The van der Waals surface area contributed by atoms with Gasteiger partial charge in [-0.2, -0.15) is 18.3 Å². The number of amides is 4. The monoisotopic (exact) mass is 706 g/mol. The molecule has 0 saturated carbocycles. The van der Waals surface area contributed by atoms with Crippen LogP contribution >= 0.6 is 0 Å². The van der Waals surface area contributed by atoms with Gasteiger partial charge in [-0.05, 0) is 82.9 Å². The first-order chi connectivity index (χ1) is 23.2. The first kappa shape index (κ1) is 38.2. The SMILES string of the molecule is CC(C)(C)OC(=O)NC(C)(C)C(=O)NC(CCc1cc(F)ccc1CO)C(=O)N1CCC2=NN(CC(F)(F)F)C(=O)[C@]2(Cc2ccccn2)C1. The molecule has 0 spiro atoms. The molecule has 1 fully saturated rings. The molecule has 16 heteroatoms. The fourth-order valence-electron chi connectivity index (χ4n) is 5.98. The van der Waals surface area contributed by atoms with Gasteiger partial charge in [0.15, 0.2) is 0 Å². The molecule has 3 N–H and O–H groups in total. The summed E-state index contributed by atoms with van der Waals surface area (Å²) >= 11 is 0. The van der Waals surface area contributed by atoms with Gasteiger partial charge in [0, 0.05) is 37.8 Å². The number of alkyl carbamates (subject to hydrolysis) is 1. The van der Waals surface area contributed by atoms with E-state index in [-0.39, 0.29) is 44.5 Å². The Labute approximate surface area is 287 Å². The van der Waals surface area contributed by atoms with Gasteiger partial charge >= 0.3 is 12.3 Å². The summed E-state index contributed by atoms with van der Waals surface area (Å²) in [6.07, 6.45) is -4.34. The first-order valence-electron chi connectivity index (χ1n) is 16.1. The van der Waals surface area contributed by atoms with Crippen LogP contribution in [0.25, 0.3) is 0 Å². The molecule has 0 aliphatic carbocycles. The van der Waals surface area contributed by atoms with Crippen LogP contribution in [0.2, 0.25) is 0 Å². The molecule has 50 heavy (non-hydrogen) atoms. The van der Waals surface area contributed by atoms with Gasteiger partial charge in [-0.25, -0.2) is 14.2 Å². The van der Waals surface area contributed by atoms with Crippen molar-refractivity contribution in [2.45, 2.75) is 90.3 Å². The van der Waals surface area contributed by atoms with Crippen LogP contribution in [0.5, 0.6) is 0 Å². The largest absolute Gasteiger partial charge is 0.444 e. The number of fused-ring (bicyclic) bond motifs is 1. The van der Waals surface area contributed by atoms with Crippen LogP contribution in [0.1, 0.15) is 64.3 Å². The topological polar surface area (TPSA) is 154 Å². The molecule has 3 heterocycles. The van der Waals surface area contributed by atoms with Gasteiger partial charge in [-0.3, -0.25) is 19.4 Å². The number of hydrogen-bond donors (Lipinski definition) is 3. The maximum atomic E-state index is 14.3. The Morgan fingerprint density at radius 1 is 1.08 bits per heavy atom. The number of rotatable bonds is 11. The number of hydrogen-bond acceptors (Lipinski definition) is 8. The average molecular weight is 707 g/mol. The van der Waals surface area contributed by atoms with E-state index in [1.54, 1.807) is 39.0 Å². The molecule has 1 saturated heterocycles. The Hall–Kier alpha value is -4.60. The van der Waals surface area contributed by atoms with Crippen LogP contribution in [0.3, 0.4) is 0 Å². The summed E-state index contributed by atoms with van der Waals surface area (Å²) < 4.78 is 59.8. The molecule has 4 rings (SSSR count). The van der Waals surface area contributed by atoms with Gasteiger partial charge in [0.2, 0.25) is 11.8 Å². The van der Waals surface area contributed by atoms with E-state index < -0.39 is 71.6 Å². The van der Waals surface area contributed by atoms with E-state index in [1.165, 1.54) is 43.1 Å². The Bertz CT molecular complexity index is 1630. The molecule has 0 bridgehead atoms. The molecule has 12 nitrogen and oxygen atoms in total. The molecule has 2 aliphatic rings. The fraction of sp³-hybridized carbons (Fsp3) is 0.529. The fourth-order valence-corrected chi connectivity index (χ4v) is 5.98. The Morgan fingerprint density at radius 3 is 2.42 bits per heavy atom. The molecule has 272 valence electrons. The summed E-state index contributed by atoms with van der Waals surface area (Å²) in [6, 6.07) is 7.42. The minimum Gasteiger partial charge on any atom is -0.444 e. The first-order valence-corrected chi connectivity index (χ1v) is 16.1. The van der Waals surface area contributed by atoms with Crippen LogP contribution in [0.4, 0.5) is 22.4 Å². The normalized spacial score (nSPS) is 18.7. The Morgan fingerprint density at radius 2 is 1.80 bits per heavy atom. The van der Waals surface area contributed by atoms with Gasteiger partial charge < -0.3 is 25.4 Å². The summed E-state index contributed by atoms with van der Waals surface area (Å²) in [5, 5.41) is 19.4. The lowest BCUT2D eigenvalue weighted by atomic mass is 9.74. The second-order valence-electron chi connectivity index (χ2n) is 14.0. The number of alkyl halides is 3. The zero-order chi connectivity index (χ0) is 37.1. The van der Waals surface area contributed by atoms with Crippen LogP contribution < -0.4 is 10.6 Å². The van der Waals surface area contributed by atoms with Crippen LogP contribution in [-0.2, 0) is 38.6 Å². The highest BCUT2D eigenvalue weighted by Crippen LogP contribution is 2.39. The second-order valence-corrected chi connectivity index (χ2v) is 14.0. The van der Waals surface area contributed by atoms with Crippen LogP contribution in [-0.4, -0.2) is 92.5 Å². The maximum absolute atomic E-state index is 14.3. The zero-order valence-electron chi connectivity index (χ0n) is 28.6. The standard InChI is InChI=1S/C34H42F4N6O6/c1-31(2,3)50-30(49)41-32(4,5)28(47)40-25(12-10-21-16-23(35)11-9-22(21)18-45)27(46)43-15-13-26-33(19-43,17-24-8-6-7-14-39-24)29(48)44(42-26)20-34(36,37)38/h6-9,11,14,16,25,45H,10,12-13,15,17-20H2,1-5H3,(H,40,47)(H,41,49)/t25?,33-/m1/s1. The van der Waals surface area contributed by atoms with E-state index in [9.17, 15) is 41.8 Å². The third-order valence-corrected chi connectivity index (χ3v) is 8.39. The molecule has 2 aromatic rings. The molecule has 1 aromatic carbocycles. The predicted octanol–water partition coefficient (Wildman–Crippen LogP) is 3.66.